The Labute approximate surface area is 186 Å². The van der Waals surface area contributed by atoms with Gasteiger partial charge in [-0.2, -0.15) is 5.10 Å². The Balaban J connectivity index is 1.58. The van der Waals surface area contributed by atoms with E-state index in [2.05, 4.69) is 15.4 Å². The first-order chi connectivity index (χ1) is 14.8. The zero-order chi connectivity index (χ0) is 22.1. The summed E-state index contributed by atoms with van der Waals surface area (Å²) in [5.74, 6) is -0.683. The average Bonchev–Trinajstić information content (AvgIpc) is 3.34. The van der Waals surface area contributed by atoms with Crippen molar-refractivity contribution in [3.63, 3.8) is 0 Å². The van der Waals surface area contributed by atoms with Crippen molar-refractivity contribution in [1.82, 2.24) is 19.7 Å². The molecule has 0 radical (unpaired) electrons. The minimum atomic E-state index is -0.992. The molecule has 2 amide bonds. The number of aromatic nitrogens is 3. The van der Waals surface area contributed by atoms with Gasteiger partial charge in [0.05, 0.1) is 34.0 Å². The van der Waals surface area contributed by atoms with Crippen LogP contribution in [0.15, 0.2) is 42.7 Å². The van der Waals surface area contributed by atoms with Gasteiger partial charge in [0.15, 0.2) is 5.69 Å². The van der Waals surface area contributed by atoms with Gasteiger partial charge in [0.25, 0.3) is 11.8 Å². The van der Waals surface area contributed by atoms with E-state index >= 15 is 0 Å². The Hall–Kier alpha value is -3.17. The second-order valence-corrected chi connectivity index (χ2v) is 7.78. The van der Waals surface area contributed by atoms with E-state index in [0.29, 0.717) is 40.1 Å². The van der Waals surface area contributed by atoms with Crippen LogP contribution in [-0.4, -0.2) is 50.7 Å². The summed E-state index contributed by atoms with van der Waals surface area (Å²) in [6, 6.07) is 8.12. The number of para-hydroxylation sites is 1. The molecule has 1 aliphatic rings. The van der Waals surface area contributed by atoms with Crippen LogP contribution in [0.4, 0.5) is 15.9 Å². The molecule has 0 aliphatic carbocycles. The fraction of sp³-hybridized carbons (Fsp3) is 0.200. The van der Waals surface area contributed by atoms with E-state index in [1.54, 1.807) is 30.3 Å². The molecule has 0 saturated carbocycles. The molecule has 0 spiro atoms. The summed E-state index contributed by atoms with van der Waals surface area (Å²) in [4.78, 5) is 30.0. The van der Waals surface area contributed by atoms with Crippen LogP contribution in [0.1, 0.15) is 27.3 Å². The molecule has 0 bridgehead atoms. The Morgan fingerprint density at radius 3 is 2.52 bits per heavy atom. The molecule has 0 unspecified atom stereocenters. The second kappa shape index (κ2) is 8.52. The molecule has 3 heterocycles. The lowest BCUT2D eigenvalue weighted by atomic mass is 10.2. The van der Waals surface area contributed by atoms with Gasteiger partial charge in [-0.3, -0.25) is 9.59 Å². The Bertz CT molecular complexity index is 1130. The van der Waals surface area contributed by atoms with Crippen LogP contribution in [0.2, 0.25) is 10.0 Å². The monoisotopic (exact) mass is 462 g/mol. The number of hydrogen-bond donors (Lipinski definition) is 2. The molecule has 3 aromatic rings. The number of nitrogens with zero attached hydrogens (tertiary/aromatic N) is 4. The largest absolute Gasteiger partial charge is 0.364 e. The van der Waals surface area contributed by atoms with Crippen molar-refractivity contribution < 1.29 is 14.0 Å². The van der Waals surface area contributed by atoms with Crippen molar-refractivity contribution >= 4 is 46.5 Å². The molecule has 1 saturated heterocycles. The van der Waals surface area contributed by atoms with E-state index in [-0.39, 0.29) is 23.8 Å². The first-order valence-electron chi connectivity index (χ1n) is 9.33. The summed E-state index contributed by atoms with van der Waals surface area (Å²) in [5, 5.41) is 7.84. The number of likely N-dealkylation sites (tertiary alicyclic amines) is 1. The normalized spacial score (nSPS) is 15.8. The molecule has 160 valence electrons. The minimum absolute atomic E-state index is 0.0380. The zero-order valence-electron chi connectivity index (χ0n) is 16.1. The predicted molar refractivity (Wildman–Crippen MR) is 115 cm³/mol. The molecule has 11 heteroatoms. The topological polar surface area (TPSA) is 106 Å². The number of amides is 2. The Morgan fingerprint density at radius 2 is 1.94 bits per heavy atom. The summed E-state index contributed by atoms with van der Waals surface area (Å²) in [6.45, 7) is 0.469. The van der Waals surface area contributed by atoms with Crippen LogP contribution in [0.3, 0.4) is 0 Å². The van der Waals surface area contributed by atoms with Gasteiger partial charge in [0.2, 0.25) is 0 Å². The minimum Gasteiger partial charge on any atom is -0.364 e. The third-order valence-electron chi connectivity index (χ3n) is 4.81. The van der Waals surface area contributed by atoms with Crippen molar-refractivity contribution in [2.24, 2.45) is 5.73 Å². The number of halogens is 3. The maximum Gasteiger partial charge on any atom is 0.271 e. The van der Waals surface area contributed by atoms with Crippen LogP contribution >= 0.6 is 23.2 Å². The van der Waals surface area contributed by atoms with Crippen molar-refractivity contribution in [1.29, 1.82) is 0 Å². The number of anilines is 2. The third kappa shape index (κ3) is 4.33. The SMILES string of the molecule is NC(=O)c1nn(-c2c(Cl)cccc2Cl)cc1Nc1ccc(C(=O)N2CC[C@H](F)C2)cn1. The number of pyridine rings is 1. The maximum absolute atomic E-state index is 13.4. The first-order valence-corrected chi connectivity index (χ1v) is 10.1. The van der Waals surface area contributed by atoms with Gasteiger partial charge in [0.1, 0.15) is 17.7 Å². The van der Waals surface area contributed by atoms with Crippen molar-refractivity contribution in [2.45, 2.75) is 12.6 Å². The highest BCUT2D eigenvalue weighted by atomic mass is 35.5. The average molecular weight is 463 g/mol. The lowest BCUT2D eigenvalue weighted by Crippen LogP contribution is -2.29. The van der Waals surface area contributed by atoms with Gasteiger partial charge < -0.3 is 16.0 Å². The molecule has 1 fully saturated rings. The number of carbonyl (C=O) groups is 2. The van der Waals surface area contributed by atoms with E-state index < -0.39 is 12.1 Å². The standard InChI is InChI=1S/C20H17Cl2FN6O2/c21-13-2-1-3-14(22)18(13)29-10-15(17(27-29)19(24)30)26-16-5-4-11(8-25-16)20(31)28-7-6-12(23)9-28/h1-5,8,10,12H,6-7,9H2,(H2,24,30)(H,25,26)/t12-/m0/s1. The fourth-order valence-corrected chi connectivity index (χ4v) is 3.86. The number of primary amides is 1. The molecule has 31 heavy (non-hydrogen) atoms. The van der Waals surface area contributed by atoms with Gasteiger partial charge in [-0.1, -0.05) is 29.3 Å². The van der Waals surface area contributed by atoms with Crippen LogP contribution in [0.25, 0.3) is 5.69 Å². The number of nitrogens with two attached hydrogens (primary N) is 1. The van der Waals surface area contributed by atoms with Crippen LogP contribution < -0.4 is 11.1 Å². The van der Waals surface area contributed by atoms with Gasteiger partial charge in [-0.25, -0.2) is 14.1 Å². The summed E-state index contributed by atoms with van der Waals surface area (Å²) in [5.41, 5.74) is 6.44. The smallest absolute Gasteiger partial charge is 0.271 e. The summed E-state index contributed by atoms with van der Waals surface area (Å²) >= 11 is 12.4. The molecule has 3 N–H and O–H groups in total. The highest BCUT2D eigenvalue weighted by Crippen LogP contribution is 2.30. The van der Waals surface area contributed by atoms with Crippen LogP contribution in [0, 0.1) is 0 Å². The van der Waals surface area contributed by atoms with Crippen molar-refractivity contribution in [3.05, 3.63) is 64.0 Å². The summed E-state index contributed by atoms with van der Waals surface area (Å²) in [7, 11) is 0. The van der Waals surface area contributed by atoms with Gasteiger partial charge in [-0.15, -0.1) is 0 Å². The van der Waals surface area contributed by atoms with Crippen LogP contribution in [0.5, 0.6) is 0 Å². The molecule has 2 aromatic heterocycles. The Morgan fingerprint density at radius 1 is 1.19 bits per heavy atom. The molecule has 8 nitrogen and oxygen atoms in total. The number of hydrogen-bond acceptors (Lipinski definition) is 5. The maximum atomic E-state index is 13.4. The van der Waals surface area contributed by atoms with Gasteiger partial charge in [0, 0.05) is 12.7 Å². The number of alkyl halides is 1. The molecule has 1 aliphatic heterocycles. The molecule has 1 atom stereocenters. The van der Waals surface area contributed by atoms with Crippen molar-refractivity contribution in [2.75, 3.05) is 18.4 Å². The highest BCUT2D eigenvalue weighted by molar-refractivity contribution is 6.37. The molecular weight excluding hydrogens is 446 g/mol. The lowest BCUT2D eigenvalue weighted by Gasteiger charge is -2.15. The fourth-order valence-electron chi connectivity index (χ4n) is 3.29. The first kappa shape index (κ1) is 21.1. The third-order valence-corrected chi connectivity index (χ3v) is 5.42. The second-order valence-electron chi connectivity index (χ2n) is 6.96. The molecule has 4 rings (SSSR count). The zero-order valence-corrected chi connectivity index (χ0v) is 17.6. The molecular formula is C20H17Cl2FN6O2. The van der Waals surface area contributed by atoms with E-state index in [4.69, 9.17) is 28.9 Å². The van der Waals surface area contributed by atoms with Gasteiger partial charge >= 0.3 is 0 Å². The number of carbonyl (C=O) groups excluding carboxylic acids is 2. The quantitative estimate of drug-likeness (QED) is 0.602. The predicted octanol–water partition coefficient (Wildman–Crippen LogP) is 3.60. The Kier molecular flexibility index (Phi) is 5.79. The summed E-state index contributed by atoms with van der Waals surface area (Å²) in [6.07, 6.45) is 2.25. The lowest BCUT2D eigenvalue weighted by molar-refractivity contribution is 0.0782. The molecule has 1 aromatic carbocycles. The summed E-state index contributed by atoms with van der Waals surface area (Å²) < 4.78 is 14.7. The van der Waals surface area contributed by atoms with E-state index in [0.717, 1.165) is 0 Å². The number of rotatable bonds is 5. The number of benzene rings is 1. The highest BCUT2D eigenvalue weighted by Gasteiger charge is 2.26. The van der Waals surface area contributed by atoms with E-state index in [9.17, 15) is 14.0 Å². The van der Waals surface area contributed by atoms with Crippen molar-refractivity contribution in [3.8, 4) is 5.69 Å². The van der Waals surface area contributed by atoms with E-state index in [1.165, 1.54) is 22.0 Å². The van der Waals surface area contributed by atoms with Gasteiger partial charge in [-0.05, 0) is 30.7 Å². The number of nitrogens with one attached hydrogen (secondary N) is 1. The van der Waals surface area contributed by atoms with E-state index in [1.807, 2.05) is 0 Å². The van der Waals surface area contributed by atoms with Crippen LogP contribution in [-0.2, 0) is 0 Å².